The number of rotatable bonds is 15. The quantitative estimate of drug-likeness (QED) is 0.440. The van der Waals surface area contributed by atoms with Crippen molar-refractivity contribution in [3.63, 3.8) is 0 Å². The summed E-state index contributed by atoms with van der Waals surface area (Å²) < 4.78 is 26.4. The minimum absolute atomic E-state index is 0.0465. The SMILES string of the molecule is CCOCC(C)OCCOCCOCCOCCO. The van der Waals surface area contributed by atoms with E-state index in [0.29, 0.717) is 59.5 Å². The van der Waals surface area contributed by atoms with Gasteiger partial charge in [0.1, 0.15) is 0 Å². The molecule has 116 valence electrons. The maximum absolute atomic E-state index is 8.47. The second-order valence-corrected chi connectivity index (χ2v) is 3.90. The Morgan fingerprint density at radius 2 is 1.32 bits per heavy atom. The highest BCUT2D eigenvalue weighted by atomic mass is 16.6. The molecule has 0 saturated carbocycles. The van der Waals surface area contributed by atoms with Gasteiger partial charge in [-0.2, -0.15) is 0 Å². The van der Waals surface area contributed by atoms with Crippen LogP contribution in [0.2, 0.25) is 0 Å². The predicted octanol–water partition coefficient (Wildman–Crippen LogP) is 0.470. The second-order valence-electron chi connectivity index (χ2n) is 3.90. The molecule has 0 aromatic heterocycles. The van der Waals surface area contributed by atoms with Gasteiger partial charge in [0.2, 0.25) is 0 Å². The van der Waals surface area contributed by atoms with E-state index in [1.807, 2.05) is 13.8 Å². The van der Waals surface area contributed by atoms with Gasteiger partial charge >= 0.3 is 0 Å². The third-order valence-electron chi connectivity index (χ3n) is 2.17. The van der Waals surface area contributed by atoms with E-state index in [0.717, 1.165) is 0 Å². The van der Waals surface area contributed by atoms with Gasteiger partial charge in [-0.15, -0.1) is 0 Å². The average Bonchev–Trinajstić information content (AvgIpc) is 2.42. The fourth-order valence-corrected chi connectivity index (χ4v) is 1.25. The summed E-state index contributed by atoms with van der Waals surface area (Å²) in [6.07, 6.45) is 0.100. The number of ether oxygens (including phenoxy) is 5. The monoisotopic (exact) mass is 280 g/mol. The number of hydrogen-bond donors (Lipinski definition) is 1. The normalized spacial score (nSPS) is 12.8. The molecule has 0 rings (SSSR count). The van der Waals surface area contributed by atoms with E-state index in [-0.39, 0.29) is 12.7 Å². The van der Waals surface area contributed by atoms with Crippen molar-refractivity contribution in [1.29, 1.82) is 0 Å². The third-order valence-corrected chi connectivity index (χ3v) is 2.17. The Bertz CT molecular complexity index is 167. The zero-order valence-electron chi connectivity index (χ0n) is 12.1. The number of hydrogen-bond acceptors (Lipinski definition) is 6. The van der Waals surface area contributed by atoms with Crippen molar-refractivity contribution in [3.05, 3.63) is 0 Å². The van der Waals surface area contributed by atoms with Gasteiger partial charge in [-0.25, -0.2) is 0 Å². The summed E-state index contributed by atoms with van der Waals surface area (Å²) in [5, 5.41) is 8.47. The van der Waals surface area contributed by atoms with Gasteiger partial charge in [-0.05, 0) is 13.8 Å². The molecule has 0 aromatic rings. The van der Waals surface area contributed by atoms with Crippen molar-refractivity contribution in [2.75, 3.05) is 66.1 Å². The Labute approximate surface area is 115 Å². The molecule has 0 aliphatic rings. The van der Waals surface area contributed by atoms with Gasteiger partial charge in [0.05, 0.1) is 65.6 Å². The lowest BCUT2D eigenvalue weighted by atomic mass is 10.4. The van der Waals surface area contributed by atoms with Crippen molar-refractivity contribution in [3.8, 4) is 0 Å². The van der Waals surface area contributed by atoms with Crippen LogP contribution >= 0.6 is 0 Å². The molecule has 0 radical (unpaired) electrons. The molecule has 0 bridgehead atoms. The molecule has 1 atom stereocenters. The predicted molar refractivity (Wildman–Crippen MR) is 71.4 cm³/mol. The van der Waals surface area contributed by atoms with Gasteiger partial charge in [0, 0.05) is 6.61 Å². The fourth-order valence-electron chi connectivity index (χ4n) is 1.25. The molecule has 6 nitrogen and oxygen atoms in total. The Morgan fingerprint density at radius 1 is 0.789 bits per heavy atom. The topological polar surface area (TPSA) is 66.4 Å². The van der Waals surface area contributed by atoms with E-state index in [4.69, 9.17) is 28.8 Å². The van der Waals surface area contributed by atoms with Crippen LogP contribution in [0.4, 0.5) is 0 Å². The molecule has 0 saturated heterocycles. The van der Waals surface area contributed by atoms with E-state index in [2.05, 4.69) is 0 Å². The lowest BCUT2D eigenvalue weighted by Gasteiger charge is -2.12. The summed E-state index contributed by atoms with van der Waals surface area (Å²) in [5.74, 6) is 0. The Balaban J connectivity index is 3.02. The van der Waals surface area contributed by atoms with Crippen molar-refractivity contribution in [2.24, 2.45) is 0 Å². The molecule has 0 amide bonds. The summed E-state index contributed by atoms with van der Waals surface area (Å²) >= 11 is 0. The largest absolute Gasteiger partial charge is 0.394 e. The van der Waals surface area contributed by atoms with Crippen molar-refractivity contribution in [1.82, 2.24) is 0 Å². The van der Waals surface area contributed by atoms with Gasteiger partial charge < -0.3 is 28.8 Å². The van der Waals surface area contributed by atoms with Crippen LogP contribution in [0.3, 0.4) is 0 Å². The van der Waals surface area contributed by atoms with Gasteiger partial charge in [0.25, 0.3) is 0 Å². The van der Waals surface area contributed by atoms with Gasteiger partial charge in [-0.1, -0.05) is 0 Å². The summed E-state index contributed by atoms with van der Waals surface area (Å²) in [4.78, 5) is 0. The molecular formula is C13H28O6. The molecule has 19 heavy (non-hydrogen) atoms. The van der Waals surface area contributed by atoms with E-state index in [9.17, 15) is 0 Å². The smallest absolute Gasteiger partial charge is 0.0781 e. The highest BCUT2D eigenvalue weighted by Gasteiger charge is 2.00. The molecule has 0 aliphatic heterocycles. The van der Waals surface area contributed by atoms with E-state index < -0.39 is 0 Å². The third kappa shape index (κ3) is 15.7. The van der Waals surface area contributed by atoms with Crippen LogP contribution in [0.15, 0.2) is 0 Å². The highest BCUT2D eigenvalue weighted by Crippen LogP contribution is 1.92. The lowest BCUT2D eigenvalue weighted by molar-refractivity contribution is -0.0381. The zero-order chi connectivity index (χ0) is 14.2. The van der Waals surface area contributed by atoms with Crippen LogP contribution in [0.25, 0.3) is 0 Å². The van der Waals surface area contributed by atoms with Crippen LogP contribution in [-0.4, -0.2) is 77.3 Å². The van der Waals surface area contributed by atoms with Crippen molar-refractivity contribution < 1.29 is 28.8 Å². The van der Waals surface area contributed by atoms with E-state index in [1.165, 1.54) is 0 Å². The first-order chi connectivity index (χ1) is 9.31. The summed E-state index contributed by atoms with van der Waals surface area (Å²) in [6, 6.07) is 0. The molecule has 1 unspecified atom stereocenters. The van der Waals surface area contributed by atoms with Crippen molar-refractivity contribution in [2.45, 2.75) is 20.0 Å². The minimum atomic E-state index is 0.0465. The van der Waals surface area contributed by atoms with Gasteiger partial charge in [-0.3, -0.25) is 0 Å². The molecule has 1 N–H and O–H groups in total. The summed E-state index contributed by atoms with van der Waals surface area (Å²) in [5.41, 5.74) is 0. The molecule has 0 aliphatic carbocycles. The Morgan fingerprint density at radius 3 is 1.84 bits per heavy atom. The molecule has 6 heteroatoms. The Kier molecular flexibility index (Phi) is 15.6. The molecule has 0 aromatic carbocycles. The molecular weight excluding hydrogens is 252 g/mol. The highest BCUT2D eigenvalue weighted by molar-refractivity contribution is 4.46. The lowest BCUT2D eigenvalue weighted by Crippen LogP contribution is -2.19. The number of aliphatic hydroxyl groups is 1. The van der Waals surface area contributed by atoms with Gasteiger partial charge in [0.15, 0.2) is 0 Å². The van der Waals surface area contributed by atoms with Crippen molar-refractivity contribution >= 4 is 0 Å². The first-order valence-electron chi connectivity index (χ1n) is 6.84. The maximum Gasteiger partial charge on any atom is 0.0781 e. The molecule has 0 fully saturated rings. The van der Waals surface area contributed by atoms with Crippen LogP contribution in [0, 0.1) is 0 Å². The van der Waals surface area contributed by atoms with E-state index in [1.54, 1.807) is 0 Å². The first kappa shape index (κ1) is 18.8. The fraction of sp³-hybridized carbons (Fsp3) is 1.00. The first-order valence-corrected chi connectivity index (χ1v) is 6.84. The summed E-state index contributed by atoms with van der Waals surface area (Å²) in [7, 11) is 0. The molecule has 0 heterocycles. The maximum atomic E-state index is 8.47. The Hall–Kier alpha value is -0.240. The zero-order valence-corrected chi connectivity index (χ0v) is 12.1. The van der Waals surface area contributed by atoms with E-state index >= 15 is 0 Å². The standard InChI is InChI=1S/C13H28O6/c1-3-15-12-13(2)19-11-10-18-9-8-17-7-6-16-5-4-14/h13-14H,3-12H2,1-2H3. The van der Waals surface area contributed by atoms with Crippen LogP contribution in [0.5, 0.6) is 0 Å². The van der Waals surface area contributed by atoms with Crippen LogP contribution in [-0.2, 0) is 23.7 Å². The molecule has 0 spiro atoms. The number of aliphatic hydroxyl groups excluding tert-OH is 1. The minimum Gasteiger partial charge on any atom is -0.394 e. The van der Waals surface area contributed by atoms with Crippen LogP contribution < -0.4 is 0 Å². The average molecular weight is 280 g/mol. The summed E-state index contributed by atoms with van der Waals surface area (Å²) in [6.45, 7) is 8.90. The second kappa shape index (κ2) is 15.8. The van der Waals surface area contributed by atoms with Crippen LogP contribution in [0.1, 0.15) is 13.8 Å².